The van der Waals surface area contributed by atoms with E-state index in [4.69, 9.17) is 0 Å². The Kier molecular flexibility index (Phi) is 4.13. The minimum absolute atomic E-state index is 0.135. The van der Waals surface area contributed by atoms with Crippen LogP contribution in [0.3, 0.4) is 0 Å². The third-order valence-electron chi connectivity index (χ3n) is 3.13. The van der Waals surface area contributed by atoms with Gasteiger partial charge < -0.3 is 15.5 Å². The fourth-order valence-electron chi connectivity index (χ4n) is 1.91. The molecule has 0 aliphatic heterocycles. The van der Waals surface area contributed by atoms with E-state index in [9.17, 15) is 10.2 Å². The highest BCUT2D eigenvalue weighted by molar-refractivity contribution is 5.40. The van der Waals surface area contributed by atoms with Gasteiger partial charge in [-0.1, -0.05) is 0 Å². The number of nitrogens with zero attached hydrogens (tertiary/aromatic N) is 3. The van der Waals surface area contributed by atoms with Crippen molar-refractivity contribution in [2.24, 2.45) is 7.05 Å². The Hall–Kier alpha value is -1.92. The first-order valence-electron chi connectivity index (χ1n) is 6.08. The number of aromatic hydroxyl groups is 1. The molecule has 19 heavy (non-hydrogen) atoms. The summed E-state index contributed by atoms with van der Waals surface area (Å²) >= 11 is 0. The molecule has 0 spiro atoms. The van der Waals surface area contributed by atoms with E-state index in [0.717, 1.165) is 5.69 Å². The van der Waals surface area contributed by atoms with Crippen LogP contribution in [0.2, 0.25) is 0 Å². The third-order valence-corrected chi connectivity index (χ3v) is 3.13. The molecule has 0 aromatic carbocycles. The highest BCUT2D eigenvalue weighted by Crippen LogP contribution is 2.23. The number of aliphatic hydroxyl groups is 1. The molecule has 3 N–H and O–H groups in total. The van der Waals surface area contributed by atoms with Crippen molar-refractivity contribution < 1.29 is 10.2 Å². The van der Waals surface area contributed by atoms with Crippen LogP contribution in [0.1, 0.15) is 22.5 Å². The first-order chi connectivity index (χ1) is 9.13. The van der Waals surface area contributed by atoms with Crippen molar-refractivity contribution in [3.05, 3.63) is 41.0 Å². The Morgan fingerprint density at radius 2 is 2.16 bits per heavy atom. The molecule has 2 aromatic rings. The second-order valence-corrected chi connectivity index (χ2v) is 4.40. The second kappa shape index (κ2) is 5.81. The van der Waals surface area contributed by atoms with Crippen LogP contribution in [-0.4, -0.2) is 25.0 Å². The normalized spacial score (nSPS) is 10.9. The maximum atomic E-state index is 9.99. The molecule has 0 saturated carbocycles. The van der Waals surface area contributed by atoms with E-state index in [0.29, 0.717) is 29.9 Å². The molecule has 102 valence electrons. The van der Waals surface area contributed by atoms with Crippen LogP contribution in [0.4, 0.5) is 0 Å². The highest BCUT2D eigenvalue weighted by Gasteiger charge is 2.11. The minimum atomic E-state index is -0.135. The summed E-state index contributed by atoms with van der Waals surface area (Å²) in [7, 11) is 1.88. The lowest BCUT2D eigenvalue weighted by Gasteiger charge is -2.12. The Morgan fingerprint density at radius 1 is 1.37 bits per heavy atom. The molecule has 2 rings (SSSR count). The zero-order chi connectivity index (χ0) is 13.8. The molecule has 0 fully saturated rings. The zero-order valence-corrected chi connectivity index (χ0v) is 11.1. The fraction of sp³-hybridized carbons (Fsp3) is 0.385. The first kappa shape index (κ1) is 13.5. The Bertz CT molecular complexity index is 566. The van der Waals surface area contributed by atoms with Gasteiger partial charge in [0.2, 0.25) is 0 Å². The number of aryl methyl sites for hydroxylation is 2. The van der Waals surface area contributed by atoms with Gasteiger partial charge in [0.1, 0.15) is 5.75 Å². The number of nitrogens with one attached hydrogen (secondary N) is 1. The summed E-state index contributed by atoms with van der Waals surface area (Å²) in [4.78, 5) is 4.03. The lowest BCUT2D eigenvalue weighted by molar-refractivity contribution is 0.278. The monoisotopic (exact) mass is 262 g/mol. The fourth-order valence-corrected chi connectivity index (χ4v) is 1.91. The molecule has 0 saturated heterocycles. The van der Waals surface area contributed by atoms with E-state index in [2.05, 4.69) is 15.4 Å². The lowest BCUT2D eigenvalue weighted by atomic mass is 10.1. The van der Waals surface area contributed by atoms with Gasteiger partial charge in [-0.05, 0) is 13.0 Å². The van der Waals surface area contributed by atoms with E-state index < -0.39 is 0 Å². The van der Waals surface area contributed by atoms with Gasteiger partial charge in [-0.25, -0.2) is 0 Å². The maximum absolute atomic E-state index is 9.99. The van der Waals surface area contributed by atoms with Gasteiger partial charge in [-0.3, -0.25) is 9.67 Å². The summed E-state index contributed by atoms with van der Waals surface area (Å²) in [6.07, 6.45) is 3.33. The largest absolute Gasteiger partial charge is 0.506 e. The topological polar surface area (TPSA) is 83.2 Å². The molecule has 2 aromatic heterocycles. The predicted octanol–water partition coefficient (Wildman–Crippen LogP) is 0.611. The lowest BCUT2D eigenvalue weighted by Crippen LogP contribution is -2.17. The summed E-state index contributed by atoms with van der Waals surface area (Å²) in [5.41, 5.74) is 2.95. The number of hydrogen-bond acceptors (Lipinski definition) is 5. The molecule has 6 heteroatoms. The Morgan fingerprint density at radius 3 is 2.79 bits per heavy atom. The van der Waals surface area contributed by atoms with Crippen molar-refractivity contribution in [2.75, 3.05) is 0 Å². The maximum Gasteiger partial charge on any atom is 0.141 e. The zero-order valence-electron chi connectivity index (χ0n) is 11.1. The highest BCUT2D eigenvalue weighted by atomic mass is 16.3. The number of pyridine rings is 1. The molecule has 0 aliphatic carbocycles. The van der Waals surface area contributed by atoms with Crippen molar-refractivity contribution in [3.63, 3.8) is 0 Å². The van der Waals surface area contributed by atoms with Crippen molar-refractivity contribution in [3.8, 4) is 5.75 Å². The van der Waals surface area contributed by atoms with Gasteiger partial charge in [0.05, 0.1) is 18.0 Å². The van der Waals surface area contributed by atoms with Crippen LogP contribution in [0.15, 0.2) is 18.5 Å². The molecule has 6 nitrogen and oxygen atoms in total. The van der Waals surface area contributed by atoms with Gasteiger partial charge in [-0.15, -0.1) is 0 Å². The predicted molar refractivity (Wildman–Crippen MR) is 70.3 cm³/mol. The number of hydrogen-bond donors (Lipinski definition) is 3. The standard InChI is InChI=1S/C13H18N4O2/c1-9-13(19)12(10(8-18)5-15-9)7-14-6-11-3-4-16-17(11)2/h3-5,14,18-19H,6-8H2,1-2H3. The van der Waals surface area contributed by atoms with Gasteiger partial charge in [-0.2, -0.15) is 5.10 Å². The molecule has 0 amide bonds. The molecule has 0 radical (unpaired) electrons. The van der Waals surface area contributed by atoms with Gasteiger partial charge in [0.15, 0.2) is 0 Å². The average Bonchev–Trinajstić information content (AvgIpc) is 2.80. The van der Waals surface area contributed by atoms with E-state index in [-0.39, 0.29) is 12.4 Å². The third kappa shape index (κ3) is 2.91. The quantitative estimate of drug-likeness (QED) is 0.735. The Balaban J connectivity index is 2.07. The van der Waals surface area contributed by atoms with Crippen molar-refractivity contribution in [1.82, 2.24) is 20.1 Å². The van der Waals surface area contributed by atoms with Crippen LogP contribution in [-0.2, 0) is 26.7 Å². The molecule has 0 unspecified atom stereocenters. The molecular formula is C13H18N4O2. The summed E-state index contributed by atoms with van der Waals surface area (Å²) in [6, 6.07) is 1.93. The summed E-state index contributed by atoms with van der Waals surface area (Å²) in [6.45, 7) is 2.71. The van der Waals surface area contributed by atoms with E-state index in [1.54, 1.807) is 24.0 Å². The SMILES string of the molecule is Cc1ncc(CO)c(CNCc2ccnn2C)c1O. The summed E-state index contributed by atoms with van der Waals surface area (Å²) in [5.74, 6) is 0.143. The first-order valence-corrected chi connectivity index (χ1v) is 6.08. The van der Waals surface area contributed by atoms with Crippen LogP contribution < -0.4 is 5.32 Å². The number of aromatic nitrogens is 3. The molecule has 0 bridgehead atoms. The van der Waals surface area contributed by atoms with Crippen LogP contribution in [0.25, 0.3) is 0 Å². The van der Waals surface area contributed by atoms with E-state index in [1.165, 1.54) is 0 Å². The minimum Gasteiger partial charge on any atom is -0.506 e. The van der Waals surface area contributed by atoms with Crippen molar-refractivity contribution >= 4 is 0 Å². The van der Waals surface area contributed by atoms with Crippen LogP contribution in [0.5, 0.6) is 5.75 Å². The average molecular weight is 262 g/mol. The van der Waals surface area contributed by atoms with Crippen molar-refractivity contribution in [1.29, 1.82) is 0 Å². The molecule has 2 heterocycles. The van der Waals surface area contributed by atoms with Gasteiger partial charge >= 0.3 is 0 Å². The summed E-state index contributed by atoms with van der Waals surface area (Å²) < 4.78 is 1.79. The smallest absolute Gasteiger partial charge is 0.141 e. The number of rotatable bonds is 5. The van der Waals surface area contributed by atoms with Gasteiger partial charge in [0, 0.05) is 43.7 Å². The second-order valence-electron chi connectivity index (χ2n) is 4.40. The molecule has 0 atom stereocenters. The summed E-state index contributed by atoms with van der Waals surface area (Å²) in [5, 5.41) is 26.6. The molecular weight excluding hydrogens is 244 g/mol. The van der Waals surface area contributed by atoms with E-state index >= 15 is 0 Å². The number of aliphatic hydroxyl groups excluding tert-OH is 1. The van der Waals surface area contributed by atoms with Crippen LogP contribution >= 0.6 is 0 Å². The van der Waals surface area contributed by atoms with Crippen LogP contribution in [0, 0.1) is 6.92 Å². The molecule has 0 aliphatic rings. The Labute approximate surface area is 111 Å². The van der Waals surface area contributed by atoms with Crippen molar-refractivity contribution in [2.45, 2.75) is 26.6 Å². The van der Waals surface area contributed by atoms with E-state index in [1.807, 2.05) is 13.1 Å². The van der Waals surface area contributed by atoms with Gasteiger partial charge in [0.25, 0.3) is 0 Å².